The maximum Gasteiger partial charge on any atom is 0.420 e. The second-order valence-electron chi connectivity index (χ2n) is 2.87. The first-order chi connectivity index (χ1) is 7.27. The number of nitrogens with zero attached hydrogens (tertiary/aromatic N) is 1. The molecule has 0 saturated carbocycles. The zero-order chi connectivity index (χ0) is 12.5. The third-order valence-electron chi connectivity index (χ3n) is 1.85. The van der Waals surface area contributed by atoms with Gasteiger partial charge < -0.3 is 10.5 Å². The largest absolute Gasteiger partial charge is 0.496 e. The van der Waals surface area contributed by atoms with Crippen LogP contribution < -0.4 is 10.5 Å². The Kier molecular flexibility index (Phi) is 2.92. The Bertz CT molecular complexity index is 431. The molecule has 0 unspecified atom stereocenters. The number of nitrogens with two attached hydrogens (primary N) is 1. The van der Waals surface area contributed by atoms with Gasteiger partial charge in [-0.2, -0.15) is 13.2 Å². The van der Waals surface area contributed by atoms with Gasteiger partial charge in [0.1, 0.15) is 17.0 Å². The zero-order valence-corrected chi connectivity index (χ0v) is 8.04. The van der Waals surface area contributed by atoms with Crippen LogP contribution in [0.4, 0.5) is 24.5 Å². The summed E-state index contributed by atoms with van der Waals surface area (Å²) in [6.45, 7) is 0. The summed E-state index contributed by atoms with van der Waals surface area (Å²) in [5, 5.41) is 10.4. The third-order valence-corrected chi connectivity index (χ3v) is 1.85. The lowest BCUT2D eigenvalue weighted by molar-refractivity contribution is -0.384. The van der Waals surface area contributed by atoms with E-state index in [1.165, 1.54) is 0 Å². The lowest BCUT2D eigenvalue weighted by Gasteiger charge is -2.12. The molecule has 88 valence electrons. The number of methoxy groups -OCH3 is 1. The minimum atomic E-state index is -4.67. The Morgan fingerprint density at radius 1 is 1.44 bits per heavy atom. The molecule has 0 aliphatic carbocycles. The highest BCUT2D eigenvalue weighted by molar-refractivity contribution is 5.64. The van der Waals surface area contributed by atoms with Crippen LogP contribution in [-0.4, -0.2) is 12.0 Å². The van der Waals surface area contributed by atoms with E-state index >= 15 is 0 Å². The molecule has 0 aromatic heterocycles. The van der Waals surface area contributed by atoms with Crippen molar-refractivity contribution in [3.05, 3.63) is 27.8 Å². The van der Waals surface area contributed by atoms with Gasteiger partial charge in [-0.25, -0.2) is 0 Å². The first-order valence-electron chi connectivity index (χ1n) is 3.96. The number of anilines is 1. The van der Waals surface area contributed by atoms with Crippen molar-refractivity contribution in [1.29, 1.82) is 0 Å². The molecule has 0 saturated heterocycles. The SMILES string of the molecule is COc1cc([N+](=O)[O-])c(N)cc1C(F)(F)F. The number of hydrogen-bond donors (Lipinski definition) is 1. The maximum atomic E-state index is 12.4. The number of nitrogen functional groups attached to an aromatic ring is 1. The lowest BCUT2D eigenvalue weighted by Crippen LogP contribution is -2.09. The van der Waals surface area contributed by atoms with Crippen molar-refractivity contribution in [1.82, 2.24) is 0 Å². The van der Waals surface area contributed by atoms with Gasteiger partial charge in [0, 0.05) is 0 Å². The van der Waals surface area contributed by atoms with E-state index in [2.05, 4.69) is 4.74 Å². The van der Waals surface area contributed by atoms with E-state index in [9.17, 15) is 23.3 Å². The quantitative estimate of drug-likeness (QED) is 0.485. The van der Waals surface area contributed by atoms with Gasteiger partial charge in [-0.05, 0) is 6.07 Å². The molecule has 1 aromatic carbocycles. The summed E-state index contributed by atoms with van der Waals surface area (Å²) in [6, 6.07) is 1.13. The van der Waals surface area contributed by atoms with Gasteiger partial charge in [-0.3, -0.25) is 10.1 Å². The van der Waals surface area contributed by atoms with Crippen LogP contribution in [-0.2, 0) is 6.18 Å². The predicted octanol–water partition coefficient (Wildman–Crippen LogP) is 2.20. The summed E-state index contributed by atoms with van der Waals surface area (Å²) in [5.74, 6) is -0.631. The monoisotopic (exact) mass is 236 g/mol. The molecule has 0 amide bonds. The van der Waals surface area contributed by atoms with Crippen LogP contribution in [0.2, 0.25) is 0 Å². The molecule has 0 fully saturated rings. The van der Waals surface area contributed by atoms with Crippen LogP contribution in [0.15, 0.2) is 12.1 Å². The van der Waals surface area contributed by atoms with E-state index in [-0.39, 0.29) is 0 Å². The second-order valence-corrected chi connectivity index (χ2v) is 2.87. The number of benzene rings is 1. The first kappa shape index (κ1) is 12.1. The van der Waals surface area contributed by atoms with Gasteiger partial charge in [-0.1, -0.05) is 0 Å². The van der Waals surface area contributed by atoms with Gasteiger partial charge in [0.25, 0.3) is 5.69 Å². The highest BCUT2D eigenvalue weighted by atomic mass is 19.4. The zero-order valence-electron chi connectivity index (χ0n) is 8.04. The van der Waals surface area contributed by atoms with Crippen molar-refractivity contribution in [2.45, 2.75) is 6.18 Å². The molecule has 0 aliphatic heterocycles. The van der Waals surface area contributed by atoms with Crippen LogP contribution >= 0.6 is 0 Å². The molecule has 2 N–H and O–H groups in total. The number of nitro groups is 1. The van der Waals surface area contributed by atoms with Crippen LogP contribution in [0.3, 0.4) is 0 Å². The van der Waals surface area contributed by atoms with E-state index < -0.39 is 33.8 Å². The van der Waals surface area contributed by atoms with E-state index in [0.29, 0.717) is 12.1 Å². The summed E-state index contributed by atoms with van der Waals surface area (Å²) in [4.78, 5) is 9.56. The normalized spacial score (nSPS) is 11.2. The highest BCUT2D eigenvalue weighted by Gasteiger charge is 2.36. The molecular formula is C8H7F3N2O3. The summed E-state index contributed by atoms with van der Waals surface area (Å²) >= 11 is 0. The van der Waals surface area contributed by atoms with Gasteiger partial charge >= 0.3 is 6.18 Å². The van der Waals surface area contributed by atoms with Crippen molar-refractivity contribution in [2.24, 2.45) is 0 Å². The predicted molar refractivity (Wildman–Crippen MR) is 49.1 cm³/mol. The third kappa shape index (κ3) is 2.15. The highest BCUT2D eigenvalue weighted by Crippen LogP contribution is 2.40. The molecule has 0 bridgehead atoms. The molecule has 1 aromatic rings. The van der Waals surface area contributed by atoms with Crippen molar-refractivity contribution < 1.29 is 22.8 Å². The van der Waals surface area contributed by atoms with Crippen molar-refractivity contribution in [3.63, 3.8) is 0 Å². The molecule has 16 heavy (non-hydrogen) atoms. The molecule has 0 atom stereocenters. The average Bonchev–Trinajstić information content (AvgIpc) is 2.15. The fraction of sp³-hybridized carbons (Fsp3) is 0.250. The Morgan fingerprint density at radius 3 is 2.38 bits per heavy atom. The summed E-state index contributed by atoms with van der Waals surface area (Å²) in [6.07, 6.45) is -4.67. The van der Waals surface area contributed by atoms with E-state index in [4.69, 9.17) is 5.73 Å². The molecule has 0 spiro atoms. The van der Waals surface area contributed by atoms with Gasteiger partial charge in [0.15, 0.2) is 0 Å². The van der Waals surface area contributed by atoms with Crippen LogP contribution in [0.25, 0.3) is 0 Å². The maximum absolute atomic E-state index is 12.4. The average molecular weight is 236 g/mol. The Morgan fingerprint density at radius 2 is 2.00 bits per heavy atom. The van der Waals surface area contributed by atoms with Crippen LogP contribution in [0, 0.1) is 10.1 Å². The molecule has 1 rings (SSSR count). The summed E-state index contributed by atoms with van der Waals surface area (Å²) < 4.78 is 41.8. The van der Waals surface area contributed by atoms with Crippen molar-refractivity contribution in [2.75, 3.05) is 12.8 Å². The first-order valence-corrected chi connectivity index (χ1v) is 3.96. The minimum Gasteiger partial charge on any atom is -0.496 e. The van der Waals surface area contributed by atoms with E-state index in [1.54, 1.807) is 0 Å². The Balaban J connectivity index is 3.44. The topological polar surface area (TPSA) is 78.4 Å². The molecule has 5 nitrogen and oxygen atoms in total. The smallest absolute Gasteiger partial charge is 0.420 e. The molecule has 0 radical (unpaired) electrons. The van der Waals surface area contributed by atoms with Crippen LogP contribution in [0.5, 0.6) is 5.75 Å². The van der Waals surface area contributed by atoms with E-state index in [0.717, 1.165) is 7.11 Å². The Hall–Kier alpha value is -1.99. The number of halogens is 3. The number of nitro benzene ring substituents is 1. The fourth-order valence-corrected chi connectivity index (χ4v) is 1.13. The lowest BCUT2D eigenvalue weighted by atomic mass is 10.1. The molecular weight excluding hydrogens is 229 g/mol. The number of alkyl halides is 3. The fourth-order valence-electron chi connectivity index (χ4n) is 1.13. The second kappa shape index (κ2) is 3.87. The molecule has 0 heterocycles. The van der Waals surface area contributed by atoms with Gasteiger partial charge in [0.05, 0.1) is 18.1 Å². The van der Waals surface area contributed by atoms with Crippen LogP contribution in [0.1, 0.15) is 5.56 Å². The summed E-state index contributed by atoms with van der Waals surface area (Å²) in [7, 11) is 0.991. The van der Waals surface area contributed by atoms with Gasteiger partial charge in [-0.15, -0.1) is 0 Å². The Labute approximate surface area is 87.8 Å². The minimum absolute atomic E-state index is 0.483. The number of ether oxygens (including phenoxy) is 1. The molecule has 8 heteroatoms. The summed E-state index contributed by atoms with van der Waals surface area (Å²) in [5.41, 5.74) is 2.83. The standard InChI is InChI=1S/C8H7F3N2O3/c1-16-7-3-6(13(14)15)5(12)2-4(7)8(9,10)11/h2-3H,12H2,1H3. The van der Waals surface area contributed by atoms with Crippen molar-refractivity contribution in [3.8, 4) is 5.75 Å². The number of rotatable bonds is 2. The molecule has 0 aliphatic rings. The van der Waals surface area contributed by atoms with Crippen molar-refractivity contribution >= 4 is 11.4 Å². The number of hydrogen-bond acceptors (Lipinski definition) is 4. The van der Waals surface area contributed by atoms with Gasteiger partial charge in [0.2, 0.25) is 0 Å². The van der Waals surface area contributed by atoms with E-state index in [1.807, 2.05) is 0 Å².